The highest BCUT2D eigenvalue weighted by atomic mass is 16.6. The molecule has 0 radical (unpaired) electrons. The zero-order chi connectivity index (χ0) is 20.0. The van der Waals surface area contributed by atoms with Crippen LogP contribution >= 0.6 is 0 Å². The Morgan fingerprint density at radius 3 is 2.35 bits per heavy atom. The van der Waals surface area contributed by atoms with Crippen LogP contribution in [-0.4, -0.2) is 29.7 Å². The highest BCUT2D eigenvalue weighted by Gasteiger charge is 2.31. The van der Waals surface area contributed by atoms with Gasteiger partial charge in [-0.15, -0.1) is 0 Å². The van der Waals surface area contributed by atoms with E-state index in [-0.39, 0.29) is 11.8 Å². The van der Waals surface area contributed by atoms with Crippen LogP contribution in [0.4, 0.5) is 4.79 Å². The number of rotatable bonds is 7. The van der Waals surface area contributed by atoms with Gasteiger partial charge in [-0.25, -0.2) is 4.79 Å². The highest BCUT2D eigenvalue weighted by Crippen LogP contribution is 2.17. The lowest BCUT2D eigenvalue weighted by Crippen LogP contribution is -2.57. The lowest BCUT2D eigenvalue weighted by Gasteiger charge is -2.35. The van der Waals surface area contributed by atoms with Crippen molar-refractivity contribution in [2.24, 2.45) is 5.92 Å². The van der Waals surface area contributed by atoms with Gasteiger partial charge in [0.25, 0.3) is 0 Å². The number of nitrogens with one attached hydrogen (secondary N) is 2. The molecule has 1 atom stereocenters. The van der Waals surface area contributed by atoms with E-state index in [0.717, 1.165) is 5.56 Å². The van der Waals surface area contributed by atoms with Crippen LogP contribution in [0.1, 0.15) is 59.1 Å². The third-order valence-electron chi connectivity index (χ3n) is 4.42. The van der Waals surface area contributed by atoms with Crippen molar-refractivity contribution < 1.29 is 14.3 Å². The summed E-state index contributed by atoms with van der Waals surface area (Å²) in [5, 5.41) is 5.86. The van der Waals surface area contributed by atoms with Crippen molar-refractivity contribution in [1.29, 1.82) is 0 Å². The molecule has 0 heterocycles. The van der Waals surface area contributed by atoms with E-state index in [1.165, 1.54) is 5.56 Å². The van der Waals surface area contributed by atoms with Gasteiger partial charge in [-0.3, -0.25) is 4.79 Å². The number of aryl methyl sites for hydroxylation is 2. The Morgan fingerprint density at radius 1 is 1.15 bits per heavy atom. The summed E-state index contributed by atoms with van der Waals surface area (Å²) >= 11 is 0. The van der Waals surface area contributed by atoms with Crippen LogP contribution in [0.2, 0.25) is 0 Å². The van der Waals surface area contributed by atoms with Crippen LogP contribution in [0.5, 0.6) is 0 Å². The summed E-state index contributed by atoms with van der Waals surface area (Å²) in [5.74, 6) is 0.133. The molecule has 0 fully saturated rings. The molecule has 0 saturated carbocycles. The second kappa shape index (κ2) is 9.06. The Bertz CT molecular complexity index is 620. The van der Waals surface area contributed by atoms with Gasteiger partial charge in [-0.05, 0) is 52.5 Å². The number of ether oxygens (including phenoxy) is 1. The predicted octanol–water partition coefficient (Wildman–Crippen LogP) is 3.98. The van der Waals surface area contributed by atoms with Gasteiger partial charge in [0.15, 0.2) is 0 Å². The zero-order valence-electron chi connectivity index (χ0n) is 17.2. The summed E-state index contributed by atoms with van der Waals surface area (Å²) in [6, 6.07) is 8.18. The Morgan fingerprint density at radius 2 is 1.81 bits per heavy atom. The summed E-state index contributed by atoms with van der Waals surface area (Å²) in [6.45, 7) is 13.8. The molecule has 2 N–H and O–H groups in total. The Kier molecular flexibility index (Phi) is 7.67. The largest absolute Gasteiger partial charge is 0.444 e. The van der Waals surface area contributed by atoms with Crippen molar-refractivity contribution in [2.45, 2.75) is 72.4 Å². The van der Waals surface area contributed by atoms with E-state index in [0.29, 0.717) is 19.4 Å². The fraction of sp³-hybridized carbons (Fsp3) is 0.619. The fourth-order valence-electron chi connectivity index (χ4n) is 2.47. The van der Waals surface area contributed by atoms with E-state index in [1.807, 2.05) is 66.7 Å². The van der Waals surface area contributed by atoms with Crippen molar-refractivity contribution in [3.8, 4) is 0 Å². The molecule has 5 heteroatoms. The smallest absolute Gasteiger partial charge is 0.407 e. The molecule has 5 nitrogen and oxygen atoms in total. The molecule has 0 aliphatic heterocycles. The molecule has 0 aromatic heterocycles. The standard InChI is InChI=1S/C21H34N2O3/c1-15(2)21(7,14-22-19(25)26-20(4,5)6)23-18(24)12-11-17-10-8-9-16(3)13-17/h8-10,13,15H,11-12,14H2,1-7H3,(H,22,25)(H,23,24). The maximum Gasteiger partial charge on any atom is 0.407 e. The molecule has 1 unspecified atom stereocenters. The quantitative estimate of drug-likeness (QED) is 0.771. The summed E-state index contributed by atoms with van der Waals surface area (Å²) in [7, 11) is 0. The summed E-state index contributed by atoms with van der Waals surface area (Å²) in [4.78, 5) is 24.4. The van der Waals surface area contributed by atoms with E-state index in [9.17, 15) is 9.59 Å². The van der Waals surface area contributed by atoms with Crippen molar-refractivity contribution in [1.82, 2.24) is 10.6 Å². The molecule has 0 saturated heterocycles. The lowest BCUT2D eigenvalue weighted by atomic mass is 9.88. The third-order valence-corrected chi connectivity index (χ3v) is 4.42. The van der Waals surface area contributed by atoms with Gasteiger partial charge in [-0.1, -0.05) is 43.7 Å². The first-order valence-corrected chi connectivity index (χ1v) is 9.25. The fourth-order valence-corrected chi connectivity index (χ4v) is 2.47. The SMILES string of the molecule is Cc1cccc(CCC(=O)NC(C)(CNC(=O)OC(C)(C)C)C(C)C)c1. The van der Waals surface area contributed by atoms with Gasteiger partial charge in [0.1, 0.15) is 5.60 Å². The number of benzene rings is 1. The first-order chi connectivity index (χ1) is 11.9. The van der Waals surface area contributed by atoms with Gasteiger partial charge in [-0.2, -0.15) is 0 Å². The van der Waals surface area contributed by atoms with E-state index in [2.05, 4.69) is 16.7 Å². The van der Waals surface area contributed by atoms with Gasteiger partial charge >= 0.3 is 6.09 Å². The Balaban J connectivity index is 2.59. The van der Waals surface area contributed by atoms with Gasteiger partial charge in [0.2, 0.25) is 5.91 Å². The normalized spacial score (nSPS) is 13.8. The van der Waals surface area contributed by atoms with E-state index in [4.69, 9.17) is 4.74 Å². The molecule has 0 aliphatic carbocycles. The molecule has 0 aliphatic rings. The molecule has 26 heavy (non-hydrogen) atoms. The van der Waals surface area contributed by atoms with Crippen LogP contribution in [0.25, 0.3) is 0 Å². The Labute approximate surface area is 157 Å². The van der Waals surface area contributed by atoms with Gasteiger partial charge in [0.05, 0.1) is 5.54 Å². The van der Waals surface area contributed by atoms with Crippen LogP contribution < -0.4 is 10.6 Å². The second-order valence-corrected chi connectivity index (χ2v) is 8.46. The molecular formula is C21H34N2O3. The maximum absolute atomic E-state index is 12.4. The zero-order valence-corrected chi connectivity index (χ0v) is 17.2. The molecular weight excluding hydrogens is 328 g/mol. The van der Waals surface area contributed by atoms with E-state index in [1.54, 1.807) is 0 Å². The minimum absolute atomic E-state index is 0.0197. The first kappa shape index (κ1) is 22.0. The molecule has 2 amide bonds. The molecule has 146 valence electrons. The first-order valence-electron chi connectivity index (χ1n) is 9.25. The summed E-state index contributed by atoms with van der Waals surface area (Å²) in [6.07, 6.45) is 0.637. The molecule has 1 aromatic rings. The monoisotopic (exact) mass is 362 g/mol. The minimum atomic E-state index is -0.546. The van der Waals surface area contributed by atoms with E-state index < -0.39 is 17.2 Å². The van der Waals surface area contributed by atoms with E-state index >= 15 is 0 Å². The van der Waals surface area contributed by atoms with Crippen molar-refractivity contribution in [3.63, 3.8) is 0 Å². The third kappa shape index (κ3) is 7.89. The number of hydrogen-bond acceptors (Lipinski definition) is 3. The molecule has 0 bridgehead atoms. The number of carbonyl (C=O) groups is 2. The number of hydrogen-bond donors (Lipinski definition) is 2. The second-order valence-electron chi connectivity index (χ2n) is 8.46. The van der Waals surface area contributed by atoms with Crippen molar-refractivity contribution in [2.75, 3.05) is 6.54 Å². The number of carbonyl (C=O) groups excluding carboxylic acids is 2. The molecule has 1 rings (SSSR count). The van der Waals surface area contributed by atoms with Crippen molar-refractivity contribution >= 4 is 12.0 Å². The van der Waals surface area contributed by atoms with Crippen molar-refractivity contribution in [3.05, 3.63) is 35.4 Å². The van der Waals surface area contributed by atoms with Gasteiger partial charge < -0.3 is 15.4 Å². The maximum atomic E-state index is 12.4. The van der Waals surface area contributed by atoms with Crippen LogP contribution in [-0.2, 0) is 16.0 Å². The summed E-state index contributed by atoms with van der Waals surface area (Å²) < 4.78 is 5.27. The molecule has 0 spiro atoms. The minimum Gasteiger partial charge on any atom is -0.444 e. The predicted molar refractivity (Wildman–Crippen MR) is 105 cm³/mol. The number of alkyl carbamates (subject to hydrolysis) is 1. The van der Waals surface area contributed by atoms with Gasteiger partial charge in [0, 0.05) is 13.0 Å². The molecule has 1 aromatic carbocycles. The van der Waals surface area contributed by atoms with Crippen LogP contribution in [0.15, 0.2) is 24.3 Å². The van der Waals surface area contributed by atoms with Crippen LogP contribution in [0.3, 0.4) is 0 Å². The average Bonchev–Trinajstić information content (AvgIpc) is 2.49. The van der Waals surface area contributed by atoms with Crippen LogP contribution in [0, 0.1) is 12.8 Å². The Hall–Kier alpha value is -2.04. The highest BCUT2D eigenvalue weighted by molar-refractivity contribution is 5.77. The summed E-state index contributed by atoms with van der Waals surface area (Å²) in [5.41, 5.74) is 1.26. The number of amides is 2. The average molecular weight is 363 g/mol. The topological polar surface area (TPSA) is 67.4 Å². The lowest BCUT2D eigenvalue weighted by molar-refractivity contribution is -0.123.